The molecule has 226 valence electrons. The fourth-order valence-electron chi connectivity index (χ4n) is 5.89. The Morgan fingerprint density at radius 1 is 0.698 bits per heavy atom. The Morgan fingerprint density at radius 2 is 1.19 bits per heavy atom. The molecule has 4 rings (SSSR count). The van der Waals surface area contributed by atoms with Gasteiger partial charge in [0, 0.05) is 17.9 Å². The van der Waals surface area contributed by atoms with E-state index in [1.54, 1.807) is 14.2 Å². The summed E-state index contributed by atoms with van der Waals surface area (Å²) in [7, 11) is 3.33. The Kier molecular flexibility index (Phi) is 12.3. The molecule has 0 aromatic heterocycles. The van der Waals surface area contributed by atoms with Crippen molar-refractivity contribution in [1.82, 2.24) is 5.32 Å². The van der Waals surface area contributed by atoms with Crippen molar-refractivity contribution in [2.45, 2.75) is 70.8 Å². The SMILES string of the molecule is COc1cc(CC(C)C(=O)NC(CCCc2ccccc2)CCCc2ccccc2)c([C@H](C)c2ccccc2)cc1OC. The predicted octanol–water partition coefficient (Wildman–Crippen LogP) is 8.56. The van der Waals surface area contributed by atoms with Crippen molar-refractivity contribution in [2.75, 3.05) is 14.2 Å². The molecule has 0 spiro atoms. The highest BCUT2D eigenvalue weighted by molar-refractivity contribution is 5.79. The van der Waals surface area contributed by atoms with Gasteiger partial charge in [0.2, 0.25) is 5.91 Å². The van der Waals surface area contributed by atoms with Gasteiger partial charge in [-0.3, -0.25) is 4.79 Å². The Balaban J connectivity index is 1.46. The second-order valence-electron chi connectivity index (χ2n) is 11.6. The second kappa shape index (κ2) is 16.6. The number of carbonyl (C=O) groups is 1. The van der Waals surface area contributed by atoms with Crippen molar-refractivity contribution in [2.24, 2.45) is 5.92 Å². The Labute approximate surface area is 258 Å². The van der Waals surface area contributed by atoms with Gasteiger partial charge in [-0.05, 0) is 84.9 Å². The summed E-state index contributed by atoms with van der Waals surface area (Å²) >= 11 is 0. The first-order valence-electron chi connectivity index (χ1n) is 15.7. The van der Waals surface area contributed by atoms with Crippen LogP contribution in [0.25, 0.3) is 0 Å². The first-order valence-corrected chi connectivity index (χ1v) is 15.7. The lowest BCUT2D eigenvalue weighted by atomic mass is 9.86. The van der Waals surface area contributed by atoms with Crippen LogP contribution in [0.5, 0.6) is 11.5 Å². The van der Waals surface area contributed by atoms with E-state index in [1.165, 1.54) is 16.7 Å². The van der Waals surface area contributed by atoms with Gasteiger partial charge in [-0.1, -0.05) is 105 Å². The van der Waals surface area contributed by atoms with Crippen molar-refractivity contribution in [1.29, 1.82) is 0 Å². The quantitative estimate of drug-likeness (QED) is 0.145. The van der Waals surface area contributed by atoms with Crippen LogP contribution in [0.15, 0.2) is 103 Å². The molecule has 0 aliphatic rings. The van der Waals surface area contributed by atoms with E-state index in [-0.39, 0.29) is 23.8 Å². The first-order chi connectivity index (χ1) is 21.0. The number of nitrogens with one attached hydrogen (secondary N) is 1. The number of benzene rings is 4. The fraction of sp³-hybridized carbons (Fsp3) is 0.359. The number of methoxy groups -OCH3 is 2. The number of ether oxygens (including phenoxy) is 2. The molecule has 43 heavy (non-hydrogen) atoms. The van der Waals surface area contributed by atoms with Gasteiger partial charge in [0.25, 0.3) is 0 Å². The highest BCUT2D eigenvalue weighted by atomic mass is 16.5. The third kappa shape index (κ3) is 9.47. The summed E-state index contributed by atoms with van der Waals surface area (Å²) in [6, 6.07) is 36.0. The highest BCUT2D eigenvalue weighted by Crippen LogP contribution is 2.37. The lowest BCUT2D eigenvalue weighted by Gasteiger charge is -2.24. The van der Waals surface area contributed by atoms with E-state index in [9.17, 15) is 4.79 Å². The van der Waals surface area contributed by atoms with Crippen LogP contribution < -0.4 is 14.8 Å². The van der Waals surface area contributed by atoms with Crippen LogP contribution in [0.1, 0.15) is 73.3 Å². The zero-order valence-electron chi connectivity index (χ0n) is 26.2. The molecule has 4 heteroatoms. The smallest absolute Gasteiger partial charge is 0.223 e. The van der Waals surface area contributed by atoms with Crippen LogP contribution in [0, 0.1) is 5.92 Å². The molecule has 0 saturated carbocycles. The van der Waals surface area contributed by atoms with Gasteiger partial charge in [-0.15, -0.1) is 0 Å². The van der Waals surface area contributed by atoms with Crippen molar-refractivity contribution in [3.63, 3.8) is 0 Å². The van der Waals surface area contributed by atoms with E-state index in [0.717, 1.165) is 49.7 Å². The van der Waals surface area contributed by atoms with Gasteiger partial charge in [0.05, 0.1) is 14.2 Å². The summed E-state index contributed by atoms with van der Waals surface area (Å²) in [5.74, 6) is 1.46. The maximum absolute atomic E-state index is 13.7. The number of rotatable bonds is 16. The van der Waals surface area contributed by atoms with Crippen LogP contribution in [0.2, 0.25) is 0 Å². The number of amides is 1. The molecular weight excluding hydrogens is 530 g/mol. The lowest BCUT2D eigenvalue weighted by molar-refractivity contribution is -0.125. The number of aryl methyl sites for hydroxylation is 2. The summed E-state index contributed by atoms with van der Waals surface area (Å²) in [4.78, 5) is 13.7. The van der Waals surface area contributed by atoms with Gasteiger partial charge in [0.1, 0.15) is 0 Å². The number of hydrogen-bond donors (Lipinski definition) is 1. The van der Waals surface area contributed by atoms with E-state index < -0.39 is 0 Å². The van der Waals surface area contributed by atoms with Crippen molar-refractivity contribution >= 4 is 5.91 Å². The third-order valence-corrected chi connectivity index (χ3v) is 8.45. The Bertz CT molecular complexity index is 1340. The molecule has 0 radical (unpaired) electrons. The maximum atomic E-state index is 13.7. The highest BCUT2D eigenvalue weighted by Gasteiger charge is 2.23. The molecule has 1 amide bonds. The van der Waals surface area contributed by atoms with Gasteiger partial charge >= 0.3 is 0 Å². The molecule has 4 nitrogen and oxygen atoms in total. The first kappa shape index (κ1) is 31.9. The molecule has 0 aliphatic carbocycles. The average molecular weight is 578 g/mol. The van der Waals surface area contributed by atoms with Crippen molar-refractivity contribution in [3.05, 3.63) is 131 Å². The van der Waals surface area contributed by atoms with Gasteiger partial charge in [0.15, 0.2) is 11.5 Å². The van der Waals surface area contributed by atoms with Gasteiger partial charge in [-0.25, -0.2) is 0 Å². The largest absolute Gasteiger partial charge is 0.493 e. The zero-order valence-corrected chi connectivity index (χ0v) is 26.2. The summed E-state index contributed by atoms with van der Waals surface area (Å²) in [5.41, 5.74) is 6.19. The van der Waals surface area contributed by atoms with Gasteiger partial charge < -0.3 is 14.8 Å². The van der Waals surface area contributed by atoms with Crippen LogP contribution in [-0.2, 0) is 24.1 Å². The van der Waals surface area contributed by atoms with Crippen molar-refractivity contribution in [3.8, 4) is 11.5 Å². The minimum Gasteiger partial charge on any atom is -0.493 e. The van der Waals surface area contributed by atoms with E-state index >= 15 is 0 Å². The van der Waals surface area contributed by atoms with Crippen LogP contribution >= 0.6 is 0 Å². The second-order valence-corrected chi connectivity index (χ2v) is 11.6. The van der Waals surface area contributed by atoms with Crippen molar-refractivity contribution < 1.29 is 14.3 Å². The van der Waals surface area contributed by atoms with E-state index in [0.29, 0.717) is 17.9 Å². The Morgan fingerprint density at radius 3 is 1.70 bits per heavy atom. The predicted molar refractivity (Wildman–Crippen MR) is 177 cm³/mol. The molecule has 1 N–H and O–H groups in total. The molecule has 0 fully saturated rings. The topological polar surface area (TPSA) is 47.6 Å². The molecule has 4 aromatic rings. The molecule has 1 unspecified atom stereocenters. The molecule has 0 bridgehead atoms. The van der Waals surface area contributed by atoms with Crippen LogP contribution in [0.4, 0.5) is 0 Å². The van der Waals surface area contributed by atoms with Crippen LogP contribution in [0.3, 0.4) is 0 Å². The van der Waals surface area contributed by atoms with E-state index in [1.807, 2.05) is 13.0 Å². The molecule has 0 saturated heterocycles. The minimum absolute atomic E-state index is 0.109. The normalized spacial score (nSPS) is 12.5. The summed E-state index contributed by atoms with van der Waals surface area (Å²) in [6.07, 6.45) is 6.69. The Hall–Kier alpha value is -4.05. The van der Waals surface area contributed by atoms with Crippen LogP contribution in [-0.4, -0.2) is 26.2 Å². The summed E-state index contributed by atoms with van der Waals surface area (Å²) < 4.78 is 11.3. The maximum Gasteiger partial charge on any atom is 0.223 e. The molecular formula is C39H47NO3. The number of carbonyl (C=O) groups excluding carboxylic acids is 1. The molecule has 0 heterocycles. The van der Waals surface area contributed by atoms with Gasteiger partial charge in [-0.2, -0.15) is 0 Å². The van der Waals surface area contributed by atoms with E-state index in [4.69, 9.17) is 9.47 Å². The zero-order chi connectivity index (χ0) is 30.4. The monoisotopic (exact) mass is 577 g/mol. The average Bonchev–Trinajstić information content (AvgIpc) is 3.05. The minimum atomic E-state index is -0.189. The third-order valence-electron chi connectivity index (χ3n) is 8.45. The lowest BCUT2D eigenvalue weighted by Crippen LogP contribution is -2.39. The molecule has 0 aliphatic heterocycles. The van der Waals surface area contributed by atoms with E-state index in [2.05, 4.69) is 109 Å². The summed E-state index contributed by atoms with van der Waals surface area (Å²) in [5, 5.41) is 3.45. The molecule has 4 aromatic carbocycles. The fourth-order valence-corrected chi connectivity index (χ4v) is 5.89. The molecule has 2 atom stereocenters. The standard InChI is InChI=1S/C39H47NO3/c1-29(26-34-27-37(42-3)38(43-4)28-36(34)30(2)33-22-12-7-13-23-33)39(41)40-35(24-14-20-31-16-8-5-9-17-31)25-15-21-32-18-10-6-11-19-32/h5-13,16-19,22-23,27-30,35H,14-15,20-21,24-26H2,1-4H3,(H,40,41)/t29?,30-/m1/s1. The summed E-state index contributed by atoms with van der Waals surface area (Å²) in [6.45, 7) is 4.24. The number of hydrogen-bond acceptors (Lipinski definition) is 3.